The molecule has 1 aromatic carbocycles. The summed E-state index contributed by atoms with van der Waals surface area (Å²) in [6, 6.07) is 9.36. The van der Waals surface area contributed by atoms with Gasteiger partial charge in [0, 0.05) is 0 Å². The first-order chi connectivity index (χ1) is 8.24. The molecule has 1 rings (SSSR count). The van der Waals surface area contributed by atoms with Gasteiger partial charge in [-0.25, -0.2) is 0 Å². The van der Waals surface area contributed by atoms with Gasteiger partial charge < -0.3 is 15.8 Å². The molecule has 0 radical (unpaired) electrons. The molecule has 0 aliphatic carbocycles. The SMILES string of the molecule is CC.CN[C@@H](COCc1ccccc1)C(N)=O. The minimum Gasteiger partial charge on any atom is -0.375 e. The average Bonchev–Trinajstić information content (AvgIpc) is 2.38. The second kappa shape index (κ2) is 9.81. The van der Waals surface area contributed by atoms with E-state index < -0.39 is 11.9 Å². The molecular formula is C13H22N2O2. The number of nitrogens with two attached hydrogens (primary N) is 1. The average molecular weight is 238 g/mol. The lowest BCUT2D eigenvalue weighted by molar-refractivity contribution is -0.121. The van der Waals surface area contributed by atoms with Gasteiger partial charge in [-0.15, -0.1) is 0 Å². The van der Waals surface area contributed by atoms with E-state index in [-0.39, 0.29) is 0 Å². The Hall–Kier alpha value is -1.39. The van der Waals surface area contributed by atoms with Crippen LogP contribution in [0.25, 0.3) is 0 Å². The number of hydrogen-bond acceptors (Lipinski definition) is 3. The maximum absolute atomic E-state index is 10.9. The van der Waals surface area contributed by atoms with E-state index in [0.29, 0.717) is 13.2 Å². The van der Waals surface area contributed by atoms with Crippen molar-refractivity contribution in [1.82, 2.24) is 5.32 Å². The quantitative estimate of drug-likeness (QED) is 0.785. The third kappa shape index (κ3) is 6.71. The van der Waals surface area contributed by atoms with E-state index in [1.807, 2.05) is 44.2 Å². The lowest BCUT2D eigenvalue weighted by Crippen LogP contribution is -2.42. The maximum Gasteiger partial charge on any atom is 0.236 e. The molecular weight excluding hydrogens is 216 g/mol. The lowest BCUT2D eigenvalue weighted by Gasteiger charge is -2.12. The van der Waals surface area contributed by atoms with Gasteiger partial charge in [0.15, 0.2) is 0 Å². The number of benzene rings is 1. The highest BCUT2D eigenvalue weighted by molar-refractivity contribution is 5.79. The van der Waals surface area contributed by atoms with Crippen molar-refractivity contribution in [2.24, 2.45) is 5.73 Å². The molecule has 0 heterocycles. The van der Waals surface area contributed by atoms with Gasteiger partial charge in [0.25, 0.3) is 0 Å². The largest absolute Gasteiger partial charge is 0.375 e. The number of nitrogens with one attached hydrogen (secondary N) is 1. The van der Waals surface area contributed by atoms with Gasteiger partial charge in [0.2, 0.25) is 5.91 Å². The first-order valence-electron chi connectivity index (χ1n) is 5.82. The molecule has 0 fully saturated rings. The fourth-order valence-electron chi connectivity index (χ4n) is 1.18. The molecule has 4 nitrogen and oxygen atoms in total. The molecule has 0 unspecified atom stereocenters. The first-order valence-corrected chi connectivity index (χ1v) is 5.82. The van der Waals surface area contributed by atoms with Crippen LogP contribution < -0.4 is 11.1 Å². The van der Waals surface area contributed by atoms with Gasteiger partial charge in [-0.05, 0) is 12.6 Å². The molecule has 1 aromatic rings. The summed E-state index contributed by atoms with van der Waals surface area (Å²) in [5, 5.41) is 2.79. The molecule has 0 saturated carbocycles. The molecule has 4 heteroatoms. The highest BCUT2D eigenvalue weighted by Gasteiger charge is 2.11. The fraction of sp³-hybridized carbons (Fsp3) is 0.462. The first kappa shape index (κ1) is 15.6. The van der Waals surface area contributed by atoms with Gasteiger partial charge in [0.05, 0.1) is 13.2 Å². The van der Waals surface area contributed by atoms with Crippen LogP contribution in [0.2, 0.25) is 0 Å². The van der Waals surface area contributed by atoms with Gasteiger partial charge in [-0.2, -0.15) is 0 Å². The number of rotatable bonds is 6. The maximum atomic E-state index is 10.9. The van der Waals surface area contributed by atoms with Crippen LogP contribution >= 0.6 is 0 Å². The molecule has 96 valence electrons. The van der Waals surface area contributed by atoms with Crippen molar-refractivity contribution in [3.05, 3.63) is 35.9 Å². The van der Waals surface area contributed by atoms with Crippen molar-refractivity contribution in [2.45, 2.75) is 26.5 Å². The Bertz CT molecular complexity index is 302. The number of ether oxygens (including phenoxy) is 1. The van der Waals surface area contributed by atoms with E-state index in [9.17, 15) is 4.79 Å². The summed E-state index contributed by atoms with van der Waals surface area (Å²) in [7, 11) is 1.68. The van der Waals surface area contributed by atoms with Crippen LogP contribution in [0.5, 0.6) is 0 Å². The number of carbonyl (C=O) groups excluding carboxylic acids is 1. The van der Waals surface area contributed by atoms with Gasteiger partial charge in [-0.1, -0.05) is 44.2 Å². The van der Waals surface area contributed by atoms with Crippen molar-refractivity contribution in [3.63, 3.8) is 0 Å². The summed E-state index contributed by atoms with van der Waals surface area (Å²) in [6.07, 6.45) is 0. The molecule has 0 spiro atoms. The molecule has 0 aliphatic heterocycles. The second-order valence-corrected chi connectivity index (χ2v) is 3.24. The summed E-state index contributed by atoms with van der Waals surface area (Å²) in [5.41, 5.74) is 6.23. The summed E-state index contributed by atoms with van der Waals surface area (Å²) in [6.45, 7) is 4.78. The zero-order valence-electron chi connectivity index (χ0n) is 10.8. The third-order valence-corrected chi connectivity index (χ3v) is 2.09. The van der Waals surface area contributed by atoms with Crippen LogP contribution in [-0.4, -0.2) is 25.6 Å². The number of hydrogen-bond donors (Lipinski definition) is 2. The summed E-state index contributed by atoms with van der Waals surface area (Å²) in [4.78, 5) is 10.9. The van der Waals surface area contributed by atoms with E-state index in [0.717, 1.165) is 5.56 Å². The zero-order chi connectivity index (χ0) is 13.1. The highest BCUT2D eigenvalue weighted by atomic mass is 16.5. The Labute approximate surface area is 103 Å². The third-order valence-electron chi connectivity index (χ3n) is 2.09. The van der Waals surface area contributed by atoms with Crippen molar-refractivity contribution >= 4 is 5.91 Å². The van der Waals surface area contributed by atoms with Crippen LogP contribution in [0.1, 0.15) is 19.4 Å². The number of carbonyl (C=O) groups is 1. The molecule has 17 heavy (non-hydrogen) atoms. The van der Waals surface area contributed by atoms with Crippen LogP contribution in [0.15, 0.2) is 30.3 Å². The normalized spacial score (nSPS) is 11.2. The monoisotopic (exact) mass is 238 g/mol. The van der Waals surface area contributed by atoms with Gasteiger partial charge in [-0.3, -0.25) is 4.79 Å². The number of primary amides is 1. The Morgan fingerprint density at radius 3 is 2.41 bits per heavy atom. The smallest absolute Gasteiger partial charge is 0.236 e. The standard InChI is InChI=1S/C11H16N2O2.C2H6/c1-13-10(11(12)14)8-15-7-9-5-3-2-4-6-9;1-2/h2-6,10,13H,7-8H2,1H3,(H2,12,14);1-2H3/t10-;/m0./s1. The van der Waals surface area contributed by atoms with Crippen molar-refractivity contribution in [2.75, 3.05) is 13.7 Å². The van der Waals surface area contributed by atoms with E-state index in [2.05, 4.69) is 5.32 Å². The Kier molecular flexibility index (Phi) is 9.01. The molecule has 0 aromatic heterocycles. The van der Waals surface area contributed by atoms with Crippen molar-refractivity contribution in [3.8, 4) is 0 Å². The second-order valence-electron chi connectivity index (χ2n) is 3.24. The molecule has 0 saturated heterocycles. The Morgan fingerprint density at radius 1 is 1.35 bits per heavy atom. The van der Waals surface area contributed by atoms with E-state index >= 15 is 0 Å². The summed E-state index contributed by atoms with van der Waals surface area (Å²) in [5.74, 6) is -0.398. The van der Waals surface area contributed by atoms with Crippen LogP contribution in [0.4, 0.5) is 0 Å². The predicted molar refractivity (Wildman–Crippen MR) is 69.5 cm³/mol. The van der Waals surface area contributed by atoms with Crippen LogP contribution in [0.3, 0.4) is 0 Å². The number of amides is 1. The topological polar surface area (TPSA) is 64.3 Å². The molecule has 1 atom stereocenters. The van der Waals surface area contributed by atoms with Crippen molar-refractivity contribution < 1.29 is 9.53 Å². The van der Waals surface area contributed by atoms with Gasteiger partial charge >= 0.3 is 0 Å². The lowest BCUT2D eigenvalue weighted by atomic mass is 10.2. The molecule has 3 N–H and O–H groups in total. The van der Waals surface area contributed by atoms with E-state index in [1.165, 1.54) is 0 Å². The summed E-state index contributed by atoms with van der Waals surface area (Å²) < 4.78 is 5.37. The minimum atomic E-state index is -0.422. The Morgan fingerprint density at radius 2 is 1.94 bits per heavy atom. The summed E-state index contributed by atoms with van der Waals surface area (Å²) >= 11 is 0. The van der Waals surface area contributed by atoms with Crippen molar-refractivity contribution in [1.29, 1.82) is 0 Å². The predicted octanol–water partition coefficient (Wildman–Crippen LogP) is 1.30. The van der Waals surface area contributed by atoms with Crippen LogP contribution in [-0.2, 0) is 16.1 Å². The van der Waals surface area contributed by atoms with Gasteiger partial charge in [0.1, 0.15) is 6.04 Å². The van der Waals surface area contributed by atoms with E-state index in [4.69, 9.17) is 10.5 Å². The Balaban J connectivity index is 0.00000121. The number of likely N-dealkylation sites (N-methyl/N-ethyl adjacent to an activating group) is 1. The molecule has 1 amide bonds. The highest BCUT2D eigenvalue weighted by Crippen LogP contribution is 2.00. The molecule has 0 bridgehead atoms. The van der Waals surface area contributed by atoms with E-state index in [1.54, 1.807) is 7.05 Å². The molecule has 0 aliphatic rings. The fourth-order valence-corrected chi connectivity index (χ4v) is 1.18. The zero-order valence-corrected chi connectivity index (χ0v) is 10.8. The van der Waals surface area contributed by atoms with Crippen LogP contribution in [0, 0.1) is 0 Å². The minimum absolute atomic E-state index is 0.292.